The molecule has 0 saturated carbocycles. The highest BCUT2D eigenvalue weighted by Gasteiger charge is 2.40. The third-order valence-corrected chi connectivity index (χ3v) is 5.98. The van der Waals surface area contributed by atoms with Crippen LogP contribution in [0.3, 0.4) is 0 Å². The molecule has 192 valence electrons. The number of phenols is 1. The molecule has 1 heterocycles. The van der Waals surface area contributed by atoms with Crippen LogP contribution in [0.25, 0.3) is 22.4 Å². The van der Waals surface area contributed by atoms with Crippen molar-refractivity contribution in [3.05, 3.63) is 88.6 Å². The molecular formula is C27H24ClF3N4O2. The van der Waals surface area contributed by atoms with E-state index in [0.717, 1.165) is 15.8 Å². The molecule has 2 N–H and O–H groups in total. The lowest BCUT2D eigenvalue weighted by atomic mass is 9.96. The van der Waals surface area contributed by atoms with Crippen LogP contribution in [0.15, 0.2) is 71.8 Å². The van der Waals surface area contributed by atoms with Gasteiger partial charge in [-0.1, -0.05) is 48.0 Å². The van der Waals surface area contributed by atoms with Crippen LogP contribution in [0.2, 0.25) is 5.02 Å². The minimum absolute atomic E-state index is 0.127. The first-order valence-corrected chi connectivity index (χ1v) is 11.6. The number of nitrogens with zero attached hydrogens (tertiary/aromatic N) is 3. The Hall–Kier alpha value is -3.98. The van der Waals surface area contributed by atoms with Gasteiger partial charge in [-0.05, 0) is 47.9 Å². The Morgan fingerprint density at radius 1 is 1.08 bits per heavy atom. The fourth-order valence-corrected chi connectivity index (χ4v) is 4.09. The van der Waals surface area contributed by atoms with Crippen LogP contribution < -0.4 is 10.2 Å². The molecule has 0 bridgehead atoms. The normalized spacial score (nSPS) is 12.0. The average Bonchev–Trinajstić information content (AvgIpc) is 3.21. The topological polar surface area (TPSA) is 71.7 Å². The number of nitrogens with one attached hydrogen (secondary N) is 1. The van der Waals surface area contributed by atoms with E-state index in [1.165, 1.54) is 19.2 Å². The standard InChI is InChI=1S/C27H24ClF3N4O2/c1-16(33-32-2)18-6-8-19(9-7-18)24-25(35(3)34-26(24)27(29,30)31)22-13-12-21(14-23(22)36)37-15-17-4-10-20(28)11-5-17/h4-14,32,36H,15H2,1-3H3/b33-16+. The van der Waals surface area contributed by atoms with Gasteiger partial charge in [0, 0.05) is 36.3 Å². The SMILES string of the molecule is CN/N=C(\C)c1ccc(-c2c(C(F)(F)F)nn(C)c2-c2ccc(OCc3ccc(Cl)cc3)cc2O)cc1. The number of hydrazone groups is 1. The van der Waals surface area contributed by atoms with Gasteiger partial charge in [0.2, 0.25) is 0 Å². The molecule has 3 aromatic carbocycles. The number of hydrogen-bond donors (Lipinski definition) is 2. The second-order valence-corrected chi connectivity index (χ2v) is 8.72. The first-order valence-electron chi connectivity index (χ1n) is 11.2. The maximum Gasteiger partial charge on any atom is 0.435 e. The maximum absolute atomic E-state index is 14.0. The molecule has 0 aliphatic heterocycles. The van der Waals surface area contributed by atoms with Gasteiger partial charge >= 0.3 is 6.18 Å². The van der Waals surface area contributed by atoms with Crippen molar-refractivity contribution in [1.29, 1.82) is 0 Å². The molecule has 4 rings (SSSR count). The number of aromatic nitrogens is 2. The highest BCUT2D eigenvalue weighted by Crippen LogP contribution is 2.44. The first kappa shape index (κ1) is 26.1. The summed E-state index contributed by atoms with van der Waals surface area (Å²) in [4.78, 5) is 0. The number of aromatic hydroxyl groups is 1. The Balaban J connectivity index is 1.73. The van der Waals surface area contributed by atoms with E-state index in [9.17, 15) is 18.3 Å². The molecule has 37 heavy (non-hydrogen) atoms. The van der Waals surface area contributed by atoms with Crippen molar-refractivity contribution in [3.63, 3.8) is 0 Å². The summed E-state index contributed by atoms with van der Waals surface area (Å²) >= 11 is 5.90. The van der Waals surface area contributed by atoms with Crippen molar-refractivity contribution in [2.75, 3.05) is 7.05 Å². The van der Waals surface area contributed by atoms with Crippen molar-refractivity contribution in [3.8, 4) is 33.9 Å². The molecule has 4 aromatic rings. The molecule has 0 atom stereocenters. The number of halogens is 4. The molecule has 0 spiro atoms. The Labute approximate surface area is 217 Å². The molecule has 0 fully saturated rings. The van der Waals surface area contributed by atoms with Crippen LogP contribution in [-0.2, 0) is 19.8 Å². The van der Waals surface area contributed by atoms with Gasteiger partial charge in [0.05, 0.1) is 11.4 Å². The lowest BCUT2D eigenvalue weighted by Crippen LogP contribution is -2.08. The molecule has 0 unspecified atom stereocenters. The number of ether oxygens (including phenoxy) is 1. The van der Waals surface area contributed by atoms with E-state index in [1.54, 1.807) is 56.4 Å². The van der Waals surface area contributed by atoms with E-state index in [2.05, 4.69) is 15.6 Å². The summed E-state index contributed by atoms with van der Waals surface area (Å²) in [6.45, 7) is 2.02. The number of aryl methyl sites for hydroxylation is 1. The Bertz CT molecular complexity index is 1430. The van der Waals surface area contributed by atoms with E-state index in [0.29, 0.717) is 22.0 Å². The summed E-state index contributed by atoms with van der Waals surface area (Å²) < 4.78 is 48.9. The predicted molar refractivity (Wildman–Crippen MR) is 138 cm³/mol. The molecule has 0 aliphatic rings. The fraction of sp³-hybridized carbons (Fsp3) is 0.185. The van der Waals surface area contributed by atoms with Gasteiger partial charge in [0.15, 0.2) is 5.69 Å². The highest BCUT2D eigenvalue weighted by atomic mass is 35.5. The van der Waals surface area contributed by atoms with E-state index in [1.807, 2.05) is 12.1 Å². The summed E-state index contributed by atoms with van der Waals surface area (Å²) in [5, 5.41) is 19.3. The summed E-state index contributed by atoms with van der Waals surface area (Å²) in [6, 6.07) is 18.1. The Morgan fingerprint density at radius 3 is 2.35 bits per heavy atom. The first-order chi connectivity index (χ1) is 17.6. The van der Waals surface area contributed by atoms with Gasteiger partial charge in [-0.3, -0.25) is 4.68 Å². The maximum atomic E-state index is 14.0. The number of hydrogen-bond acceptors (Lipinski definition) is 5. The lowest BCUT2D eigenvalue weighted by Gasteiger charge is -2.13. The summed E-state index contributed by atoms with van der Waals surface area (Å²) in [6.07, 6.45) is -4.70. The van der Waals surface area contributed by atoms with Gasteiger partial charge in [-0.2, -0.15) is 23.4 Å². The van der Waals surface area contributed by atoms with Crippen molar-refractivity contribution in [2.24, 2.45) is 12.1 Å². The van der Waals surface area contributed by atoms with Gasteiger partial charge in [0.1, 0.15) is 18.1 Å². The summed E-state index contributed by atoms with van der Waals surface area (Å²) in [5.41, 5.74) is 4.45. The van der Waals surface area contributed by atoms with Crippen LogP contribution in [0.4, 0.5) is 13.2 Å². The van der Waals surface area contributed by atoms with Crippen LogP contribution in [0.1, 0.15) is 23.7 Å². The molecule has 10 heteroatoms. The zero-order valence-electron chi connectivity index (χ0n) is 20.3. The third-order valence-electron chi connectivity index (χ3n) is 5.73. The van der Waals surface area contributed by atoms with E-state index in [-0.39, 0.29) is 29.2 Å². The quantitative estimate of drug-likeness (QED) is 0.208. The molecule has 6 nitrogen and oxygen atoms in total. The van der Waals surface area contributed by atoms with Crippen LogP contribution >= 0.6 is 11.6 Å². The van der Waals surface area contributed by atoms with Crippen LogP contribution in [0.5, 0.6) is 11.5 Å². The van der Waals surface area contributed by atoms with Gasteiger partial charge in [-0.15, -0.1) is 0 Å². The second-order valence-electron chi connectivity index (χ2n) is 8.29. The third kappa shape index (κ3) is 5.72. The van der Waals surface area contributed by atoms with E-state index in [4.69, 9.17) is 16.3 Å². The van der Waals surface area contributed by atoms with E-state index < -0.39 is 11.9 Å². The molecule has 1 aromatic heterocycles. The number of phenolic OH excluding ortho intramolecular Hbond substituents is 1. The molecular weight excluding hydrogens is 505 g/mol. The predicted octanol–water partition coefficient (Wildman–Crippen LogP) is 6.65. The average molecular weight is 529 g/mol. The van der Waals surface area contributed by atoms with E-state index >= 15 is 0 Å². The van der Waals surface area contributed by atoms with Crippen molar-refractivity contribution in [2.45, 2.75) is 19.7 Å². The van der Waals surface area contributed by atoms with Crippen molar-refractivity contribution in [1.82, 2.24) is 15.2 Å². The Morgan fingerprint density at radius 2 is 1.76 bits per heavy atom. The number of alkyl halides is 3. The lowest BCUT2D eigenvalue weighted by molar-refractivity contribution is -0.140. The second kappa shape index (κ2) is 10.6. The highest BCUT2D eigenvalue weighted by molar-refractivity contribution is 6.30. The molecule has 0 radical (unpaired) electrons. The number of benzene rings is 3. The molecule has 0 aliphatic carbocycles. The Kier molecular flexibility index (Phi) is 7.45. The van der Waals surface area contributed by atoms with Crippen LogP contribution in [0, 0.1) is 0 Å². The smallest absolute Gasteiger partial charge is 0.435 e. The van der Waals surface area contributed by atoms with Gasteiger partial charge in [-0.25, -0.2) is 0 Å². The summed E-state index contributed by atoms with van der Waals surface area (Å²) in [5.74, 6) is 0.125. The minimum atomic E-state index is -4.70. The minimum Gasteiger partial charge on any atom is -0.507 e. The van der Waals surface area contributed by atoms with Gasteiger partial charge < -0.3 is 15.3 Å². The zero-order chi connectivity index (χ0) is 26.7. The van der Waals surface area contributed by atoms with Crippen molar-refractivity contribution < 1.29 is 23.0 Å². The fourth-order valence-electron chi connectivity index (χ4n) is 3.96. The van der Waals surface area contributed by atoms with Gasteiger partial charge in [0.25, 0.3) is 0 Å². The van der Waals surface area contributed by atoms with Crippen LogP contribution in [-0.4, -0.2) is 27.6 Å². The zero-order valence-corrected chi connectivity index (χ0v) is 21.0. The molecule has 0 amide bonds. The number of rotatable bonds is 7. The monoisotopic (exact) mass is 528 g/mol. The molecule has 0 saturated heterocycles. The summed E-state index contributed by atoms with van der Waals surface area (Å²) in [7, 11) is 3.08. The van der Waals surface area contributed by atoms with Crippen molar-refractivity contribution >= 4 is 17.3 Å². The largest absolute Gasteiger partial charge is 0.507 e.